The number of rotatable bonds is 9. The highest BCUT2D eigenvalue weighted by Crippen LogP contribution is 2.37. The van der Waals surface area contributed by atoms with Crippen LogP contribution < -0.4 is 19.5 Å². The van der Waals surface area contributed by atoms with Gasteiger partial charge < -0.3 is 24.3 Å². The molecule has 4 rings (SSSR count). The first kappa shape index (κ1) is 22.1. The third-order valence-corrected chi connectivity index (χ3v) is 5.51. The summed E-state index contributed by atoms with van der Waals surface area (Å²) < 4.78 is 23.1. The van der Waals surface area contributed by atoms with E-state index < -0.39 is 0 Å². The van der Waals surface area contributed by atoms with Gasteiger partial charge in [-0.1, -0.05) is 0 Å². The minimum atomic E-state index is 0.524. The summed E-state index contributed by atoms with van der Waals surface area (Å²) in [6, 6.07) is 9.43. The molecular weight excluding hydrogens is 408 g/mol. The number of fused-ring (bicyclic) bond motifs is 1. The van der Waals surface area contributed by atoms with Gasteiger partial charge in [-0.2, -0.15) is 0 Å². The number of nitrogens with zero attached hydrogens (tertiary/aromatic N) is 3. The highest BCUT2D eigenvalue weighted by atomic mass is 16.5. The van der Waals surface area contributed by atoms with E-state index in [4.69, 9.17) is 18.9 Å². The lowest BCUT2D eigenvalue weighted by atomic mass is 10.2. The molecule has 3 aromatic rings. The van der Waals surface area contributed by atoms with Gasteiger partial charge in [0.2, 0.25) is 5.88 Å². The number of methoxy groups -OCH3 is 1. The number of nitrogens with one attached hydrogen (secondary N) is 1. The molecule has 1 aliphatic heterocycles. The molecule has 170 valence electrons. The lowest BCUT2D eigenvalue weighted by Crippen LogP contribution is -2.37. The molecule has 0 spiro atoms. The largest absolute Gasteiger partial charge is 0.493 e. The number of hydrogen-bond donors (Lipinski definition) is 1. The third kappa shape index (κ3) is 5.20. The Hall–Kier alpha value is -3.10. The molecule has 32 heavy (non-hydrogen) atoms. The molecule has 0 amide bonds. The molecule has 2 aromatic heterocycles. The predicted molar refractivity (Wildman–Crippen MR) is 124 cm³/mol. The number of pyridine rings is 2. The summed E-state index contributed by atoms with van der Waals surface area (Å²) in [5.74, 6) is 2.52. The Bertz CT molecular complexity index is 1050. The molecule has 0 unspecified atom stereocenters. The fourth-order valence-electron chi connectivity index (χ4n) is 3.76. The van der Waals surface area contributed by atoms with Gasteiger partial charge in [0.1, 0.15) is 5.75 Å². The lowest BCUT2D eigenvalue weighted by Gasteiger charge is -2.26. The number of hydrogen-bond acceptors (Lipinski definition) is 8. The first-order valence-electron chi connectivity index (χ1n) is 10.9. The average molecular weight is 439 g/mol. The summed E-state index contributed by atoms with van der Waals surface area (Å²) in [6.07, 6.45) is 2.66. The molecule has 1 aromatic carbocycles. The first-order valence-corrected chi connectivity index (χ1v) is 10.9. The Balaban J connectivity index is 1.48. The second-order valence-electron chi connectivity index (χ2n) is 7.62. The van der Waals surface area contributed by atoms with E-state index in [1.54, 1.807) is 13.3 Å². The van der Waals surface area contributed by atoms with Crippen molar-refractivity contribution < 1.29 is 18.9 Å². The fourth-order valence-corrected chi connectivity index (χ4v) is 3.76. The molecular formula is C24H30N4O4. The van der Waals surface area contributed by atoms with E-state index >= 15 is 0 Å². The van der Waals surface area contributed by atoms with Gasteiger partial charge in [-0.3, -0.25) is 9.88 Å². The second kappa shape index (κ2) is 10.5. The van der Waals surface area contributed by atoms with E-state index in [9.17, 15) is 0 Å². The Morgan fingerprint density at radius 3 is 2.69 bits per heavy atom. The Morgan fingerprint density at radius 2 is 1.94 bits per heavy atom. The third-order valence-electron chi connectivity index (χ3n) is 5.51. The molecule has 1 N–H and O–H groups in total. The van der Waals surface area contributed by atoms with Crippen molar-refractivity contribution in [2.45, 2.75) is 13.3 Å². The molecule has 0 saturated carbocycles. The number of benzene rings is 1. The minimum Gasteiger partial charge on any atom is -0.493 e. The standard InChI is InChI=1S/C24H30N4O4/c1-17-19(25-2)5-6-24(27-17)32-21-7-8-26-20-16-23(22(29-3)15-18(20)21)31-12-4-9-28-10-13-30-14-11-28/h5-8,15-16,25H,4,9-14H2,1-3H3. The van der Waals surface area contributed by atoms with E-state index in [0.29, 0.717) is 29.7 Å². The molecule has 0 atom stereocenters. The number of anilines is 1. The van der Waals surface area contributed by atoms with Crippen LogP contribution in [0.15, 0.2) is 36.5 Å². The van der Waals surface area contributed by atoms with Gasteiger partial charge >= 0.3 is 0 Å². The maximum absolute atomic E-state index is 6.09. The zero-order valence-corrected chi connectivity index (χ0v) is 18.9. The molecule has 1 fully saturated rings. The van der Waals surface area contributed by atoms with E-state index in [-0.39, 0.29) is 0 Å². The number of ether oxygens (including phenoxy) is 4. The Morgan fingerprint density at radius 1 is 1.09 bits per heavy atom. The second-order valence-corrected chi connectivity index (χ2v) is 7.62. The van der Waals surface area contributed by atoms with Crippen molar-refractivity contribution in [2.24, 2.45) is 0 Å². The van der Waals surface area contributed by atoms with Crippen molar-refractivity contribution in [1.29, 1.82) is 0 Å². The summed E-state index contributed by atoms with van der Waals surface area (Å²) in [5, 5.41) is 3.95. The molecule has 0 aliphatic carbocycles. The van der Waals surface area contributed by atoms with Crippen LogP contribution in [-0.4, -0.2) is 68.5 Å². The van der Waals surface area contributed by atoms with Gasteiger partial charge in [0, 0.05) is 50.4 Å². The van der Waals surface area contributed by atoms with Crippen LogP contribution in [0.1, 0.15) is 12.1 Å². The highest BCUT2D eigenvalue weighted by Gasteiger charge is 2.14. The normalized spacial score (nSPS) is 14.3. The van der Waals surface area contributed by atoms with Crippen LogP contribution in [0.4, 0.5) is 5.69 Å². The summed E-state index contributed by atoms with van der Waals surface area (Å²) in [4.78, 5) is 11.4. The first-order chi connectivity index (χ1) is 15.7. The SMILES string of the molecule is CNc1ccc(Oc2ccnc3cc(OCCCN4CCOCC4)c(OC)cc23)nc1C. The van der Waals surface area contributed by atoms with E-state index in [1.165, 1.54) is 0 Å². The van der Waals surface area contributed by atoms with Crippen LogP contribution in [0.3, 0.4) is 0 Å². The smallest absolute Gasteiger partial charge is 0.219 e. The van der Waals surface area contributed by atoms with Crippen LogP contribution in [-0.2, 0) is 4.74 Å². The van der Waals surface area contributed by atoms with Gasteiger partial charge in [-0.15, -0.1) is 0 Å². The lowest BCUT2D eigenvalue weighted by molar-refractivity contribution is 0.0357. The van der Waals surface area contributed by atoms with Crippen molar-refractivity contribution in [3.8, 4) is 23.1 Å². The van der Waals surface area contributed by atoms with Crippen molar-refractivity contribution in [3.05, 3.63) is 42.2 Å². The maximum Gasteiger partial charge on any atom is 0.219 e. The van der Waals surface area contributed by atoms with Crippen LogP contribution in [0, 0.1) is 6.92 Å². The zero-order chi connectivity index (χ0) is 22.3. The van der Waals surface area contributed by atoms with Crippen LogP contribution >= 0.6 is 0 Å². The molecule has 1 saturated heterocycles. The number of aromatic nitrogens is 2. The summed E-state index contributed by atoms with van der Waals surface area (Å²) >= 11 is 0. The van der Waals surface area contributed by atoms with Crippen LogP contribution in [0.5, 0.6) is 23.1 Å². The molecule has 3 heterocycles. The van der Waals surface area contributed by atoms with Gasteiger partial charge in [0.25, 0.3) is 0 Å². The van der Waals surface area contributed by atoms with Crippen LogP contribution in [0.2, 0.25) is 0 Å². The minimum absolute atomic E-state index is 0.524. The van der Waals surface area contributed by atoms with Crippen LogP contribution in [0.25, 0.3) is 10.9 Å². The number of morpholine rings is 1. The molecule has 0 bridgehead atoms. The highest BCUT2D eigenvalue weighted by molar-refractivity contribution is 5.88. The molecule has 8 heteroatoms. The summed E-state index contributed by atoms with van der Waals surface area (Å²) in [5.41, 5.74) is 2.61. The summed E-state index contributed by atoms with van der Waals surface area (Å²) in [7, 11) is 3.51. The van der Waals surface area contributed by atoms with Gasteiger partial charge in [0.05, 0.1) is 43.8 Å². The van der Waals surface area contributed by atoms with Crippen molar-refractivity contribution in [3.63, 3.8) is 0 Å². The molecule has 1 aliphatic rings. The Labute approximate surface area is 188 Å². The van der Waals surface area contributed by atoms with Crippen molar-refractivity contribution in [1.82, 2.24) is 14.9 Å². The topological polar surface area (TPSA) is 78.0 Å². The van der Waals surface area contributed by atoms with E-state index in [0.717, 1.165) is 61.6 Å². The predicted octanol–water partition coefficient (Wildman–Crippen LogP) is 3.88. The quantitative estimate of drug-likeness (QED) is 0.505. The van der Waals surface area contributed by atoms with Gasteiger partial charge in [-0.25, -0.2) is 4.98 Å². The van der Waals surface area contributed by atoms with Crippen molar-refractivity contribution in [2.75, 3.05) is 58.9 Å². The fraction of sp³-hybridized carbons (Fsp3) is 0.417. The number of aryl methyl sites for hydroxylation is 1. The van der Waals surface area contributed by atoms with E-state index in [2.05, 4.69) is 20.2 Å². The van der Waals surface area contributed by atoms with Crippen molar-refractivity contribution >= 4 is 16.6 Å². The zero-order valence-electron chi connectivity index (χ0n) is 18.9. The maximum atomic E-state index is 6.09. The van der Waals surface area contributed by atoms with E-state index in [1.807, 2.05) is 44.3 Å². The average Bonchev–Trinajstić information content (AvgIpc) is 2.82. The van der Waals surface area contributed by atoms with Gasteiger partial charge in [-0.05, 0) is 31.5 Å². The van der Waals surface area contributed by atoms with Gasteiger partial charge in [0.15, 0.2) is 11.5 Å². The molecule has 0 radical (unpaired) electrons. The monoisotopic (exact) mass is 438 g/mol. The molecule has 8 nitrogen and oxygen atoms in total. The summed E-state index contributed by atoms with van der Waals surface area (Å²) in [6.45, 7) is 7.13. The Kier molecular flexibility index (Phi) is 7.24.